The van der Waals surface area contributed by atoms with Crippen LogP contribution in [0.1, 0.15) is 23.8 Å². The number of pyridine rings is 1. The smallest absolute Gasteiger partial charge is 0.202 e. The normalized spacial score (nSPS) is 22.9. The molecule has 2 aliphatic heterocycles. The maximum absolute atomic E-state index is 15.5. The van der Waals surface area contributed by atoms with Crippen molar-refractivity contribution < 1.29 is 14.2 Å². The van der Waals surface area contributed by atoms with Crippen LogP contribution in [0.4, 0.5) is 10.1 Å². The Balaban J connectivity index is 1.69. The van der Waals surface area contributed by atoms with Crippen molar-refractivity contribution in [3.63, 3.8) is 0 Å². The molecule has 160 valence electrons. The summed E-state index contributed by atoms with van der Waals surface area (Å²) in [6.07, 6.45) is 1.84. The van der Waals surface area contributed by atoms with Gasteiger partial charge in [0.1, 0.15) is 26.9 Å². The molecule has 2 aromatic heterocycles. The molecule has 31 heavy (non-hydrogen) atoms. The summed E-state index contributed by atoms with van der Waals surface area (Å²) < 4.78 is 23.3. The van der Waals surface area contributed by atoms with Crippen molar-refractivity contribution in [1.29, 1.82) is 5.26 Å². The van der Waals surface area contributed by atoms with Crippen LogP contribution < -0.4 is 20.4 Å². The SMILES string of the molecule is COc1c(N2CC3CNC[C@@H]3C2)c(F)cc2c(=O)c3c(O)c(C#N)sc3n(C3CC3)c12. The van der Waals surface area contributed by atoms with Crippen LogP contribution in [-0.2, 0) is 0 Å². The Bertz CT molecular complexity index is 1340. The number of benzene rings is 1. The zero-order valence-corrected chi connectivity index (χ0v) is 17.8. The minimum atomic E-state index is -0.494. The van der Waals surface area contributed by atoms with Gasteiger partial charge in [0.2, 0.25) is 5.43 Å². The quantitative estimate of drug-likeness (QED) is 0.651. The van der Waals surface area contributed by atoms with Crippen molar-refractivity contribution in [2.45, 2.75) is 18.9 Å². The number of nitrogens with zero attached hydrogens (tertiary/aromatic N) is 3. The molecule has 0 amide bonds. The van der Waals surface area contributed by atoms with Gasteiger partial charge in [0.15, 0.2) is 17.3 Å². The van der Waals surface area contributed by atoms with Gasteiger partial charge in [0.25, 0.3) is 0 Å². The molecule has 2 N–H and O–H groups in total. The number of nitrogens with one attached hydrogen (secondary N) is 1. The molecule has 1 unspecified atom stereocenters. The highest BCUT2D eigenvalue weighted by molar-refractivity contribution is 7.19. The van der Waals surface area contributed by atoms with Crippen LogP contribution in [0.2, 0.25) is 0 Å². The Hall–Kier alpha value is -2.83. The molecule has 0 spiro atoms. The molecular weight excluding hydrogens is 419 g/mol. The average Bonchev–Trinajstić information content (AvgIpc) is 3.21. The van der Waals surface area contributed by atoms with Crippen molar-refractivity contribution in [3.8, 4) is 17.6 Å². The average molecular weight is 441 g/mol. The van der Waals surface area contributed by atoms with Gasteiger partial charge in [-0.1, -0.05) is 0 Å². The lowest BCUT2D eigenvalue weighted by Crippen LogP contribution is -2.27. The lowest BCUT2D eigenvalue weighted by atomic mass is 10.0. The first-order chi connectivity index (χ1) is 15.0. The Labute approximate surface area is 181 Å². The Morgan fingerprint density at radius 1 is 1.32 bits per heavy atom. The highest BCUT2D eigenvalue weighted by Crippen LogP contribution is 2.49. The molecule has 2 saturated heterocycles. The fraction of sp³-hybridized carbons (Fsp3) is 0.455. The Kier molecular flexibility index (Phi) is 4.01. The molecule has 4 heterocycles. The number of halogens is 1. The van der Waals surface area contributed by atoms with E-state index in [1.54, 1.807) is 0 Å². The maximum atomic E-state index is 15.5. The summed E-state index contributed by atoms with van der Waals surface area (Å²) in [4.78, 5) is 16.0. The van der Waals surface area contributed by atoms with Crippen LogP contribution in [-0.4, -0.2) is 43.0 Å². The van der Waals surface area contributed by atoms with E-state index in [-0.39, 0.29) is 27.4 Å². The van der Waals surface area contributed by atoms with Crippen molar-refractivity contribution in [3.05, 3.63) is 27.0 Å². The van der Waals surface area contributed by atoms with Crippen molar-refractivity contribution in [1.82, 2.24) is 9.88 Å². The number of hydrogen-bond acceptors (Lipinski definition) is 7. The number of aromatic hydroxyl groups is 1. The molecule has 7 nitrogen and oxygen atoms in total. The van der Waals surface area contributed by atoms with Crippen LogP contribution in [0.25, 0.3) is 21.1 Å². The first-order valence-corrected chi connectivity index (χ1v) is 11.3. The summed E-state index contributed by atoms with van der Waals surface area (Å²) in [5.74, 6) is 0.499. The van der Waals surface area contributed by atoms with Crippen LogP contribution in [0.3, 0.4) is 0 Å². The predicted octanol–water partition coefficient (Wildman–Crippen LogP) is 2.93. The number of nitriles is 1. The van der Waals surface area contributed by atoms with E-state index >= 15 is 4.39 Å². The summed E-state index contributed by atoms with van der Waals surface area (Å²) in [7, 11) is 1.51. The van der Waals surface area contributed by atoms with Gasteiger partial charge in [-0.15, -0.1) is 11.3 Å². The molecule has 1 aromatic carbocycles. The van der Waals surface area contributed by atoms with Gasteiger partial charge in [-0.3, -0.25) is 4.79 Å². The molecule has 3 aromatic rings. The van der Waals surface area contributed by atoms with E-state index in [2.05, 4.69) is 5.32 Å². The zero-order valence-electron chi connectivity index (χ0n) is 16.9. The van der Waals surface area contributed by atoms with Gasteiger partial charge in [-0.05, 0) is 30.7 Å². The number of thiophene rings is 1. The Morgan fingerprint density at radius 3 is 2.65 bits per heavy atom. The van der Waals surface area contributed by atoms with E-state index in [1.807, 2.05) is 15.5 Å². The topological polar surface area (TPSA) is 90.5 Å². The largest absolute Gasteiger partial charge is 0.505 e. The molecule has 9 heteroatoms. The van der Waals surface area contributed by atoms with E-state index in [0.29, 0.717) is 33.6 Å². The van der Waals surface area contributed by atoms with Crippen LogP contribution >= 0.6 is 11.3 Å². The van der Waals surface area contributed by atoms with Crippen LogP contribution in [0.15, 0.2) is 10.9 Å². The van der Waals surface area contributed by atoms with E-state index in [0.717, 1.165) is 50.4 Å². The lowest BCUT2D eigenvalue weighted by Gasteiger charge is -2.25. The van der Waals surface area contributed by atoms with Crippen molar-refractivity contribution in [2.75, 3.05) is 38.2 Å². The second-order valence-corrected chi connectivity index (χ2v) is 9.72. The van der Waals surface area contributed by atoms with Gasteiger partial charge < -0.3 is 24.6 Å². The predicted molar refractivity (Wildman–Crippen MR) is 117 cm³/mol. The third kappa shape index (κ3) is 2.55. The van der Waals surface area contributed by atoms with Crippen molar-refractivity contribution >= 4 is 38.1 Å². The van der Waals surface area contributed by atoms with Crippen LogP contribution in [0, 0.1) is 29.0 Å². The van der Waals surface area contributed by atoms with E-state index in [1.165, 1.54) is 13.2 Å². The summed E-state index contributed by atoms with van der Waals surface area (Å²) in [5, 5.41) is 23.6. The minimum Gasteiger partial charge on any atom is -0.505 e. The standard InChI is InChI=1S/C22H21FN4O3S/c1-30-21-17-13(4-14(23)18(21)26-8-10-6-25-7-11(10)9-26)19(28)16-20(29)15(5-24)31-22(16)27(17)12-2-3-12/h4,10-12,25,29H,2-3,6-9H2,1H3/t10-,11?/m1/s1. The minimum absolute atomic E-state index is 0.0938. The summed E-state index contributed by atoms with van der Waals surface area (Å²) in [6, 6.07) is 3.38. The molecular formula is C22H21FN4O3S. The van der Waals surface area contributed by atoms with Gasteiger partial charge >= 0.3 is 0 Å². The first-order valence-electron chi connectivity index (χ1n) is 10.5. The van der Waals surface area contributed by atoms with Gasteiger partial charge in [-0.2, -0.15) is 5.26 Å². The van der Waals surface area contributed by atoms with E-state index in [4.69, 9.17) is 4.74 Å². The number of ether oxygens (including phenoxy) is 1. The lowest BCUT2D eigenvalue weighted by molar-refractivity contribution is 0.413. The van der Waals surface area contributed by atoms with Gasteiger partial charge in [-0.25, -0.2) is 4.39 Å². The number of anilines is 1. The van der Waals surface area contributed by atoms with Gasteiger partial charge in [0.05, 0.1) is 18.0 Å². The molecule has 6 rings (SSSR count). The fourth-order valence-electron chi connectivity index (χ4n) is 5.32. The first kappa shape index (κ1) is 18.9. The Morgan fingerprint density at radius 2 is 2.03 bits per heavy atom. The monoisotopic (exact) mass is 440 g/mol. The number of aromatic nitrogens is 1. The highest BCUT2D eigenvalue weighted by Gasteiger charge is 2.39. The highest BCUT2D eigenvalue weighted by atomic mass is 32.1. The molecule has 1 aliphatic carbocycles. The summed E-state index contributed by atoms with van der Waals surface area (Å²) in [6.45, 7) is 3.34. The number of fused-ring (bicyclic) bond motifs is 3. The van der Waals surface area contributed by atoms with Crippen LogP contribution in [0.5, 0.6) is 11.5 Å². The van der Waals surface area contributed by atoms with E-state index < -0.39 is 11.2 Å². The maximum Gasteiger partial charge on any atom is 0.202 e. The molecule has 3 fully saturated rings. The number of rotatable bonds is 3. The molecule has 1 saturated carbocycles. The molecule has 3 aliphatic rings. The number of methoxy groups -OCH3 is 1. The van der Waals surface area contributed by atoms with Gasteiger partial charge in [0, 0.05) is 32.2 Å². The number of hydrogen-bond donors (Lipinski definition) is 2. The molecule has 0 bridgehead atoms. The third-order valence-corrected chi connectivity index (χ3v) is 7.98. The molecule has 2 atom stereocenters. The molecule has 0 radical (unpaired) electrons. The fourth-order valence-corrected chi connectivity index (χ4v) is 6.39. The second kappa shape index (κ2) is 6.58. The second-order valence-electron chi connectivity index (χ2n) is 8.72. The van der Waals surface area contributed by atoms with Crippen molar-refractivity contribution in [2.24, 2.45) is 11.8 Å². The van der Waals surface area contributed by atoms with E-state index in [9.17, 15) is 15.2 Å². The summed E-state index contributed by atoms with van der Waals surface area (Å²) >= 11 is 1.10. The summed E-state index contributed by atoms with van der Waals surface area (Å²) in [5.41, 5.74) is 0.488. The third-order valence-electron chi connectivity index (χ3n) is 6.90. The zero-order chi connectivity index (χ0) is 21.4.